The van der Waals surface area contributed by atoms with E-state index >= 15 is 0 Å². The highest BCUT2D eigenvalue weighted by Crippen LogP contribution is 2.29. The highest BCUT2D eigenvalue weighted by Gasteiger charge is 2.32. The van der Waals surface area contributed by atoms with Crippen molar-refractivity contribution in [1.82, 2.24) is 5.27 Å². The second-order valence-corrected chi connectivity index (χ2v) is 7.33. The lowest BCUT2D eigenvalue weighted by atomic mass is 10.2. The number of nitrogens with one attached hydrogen (secondary N) is 1. The molecule has 0 radical (unpaired) electrons. The number of aryl methyl sites for hydroxylation is 1. The first-order chi connectivity index (χ1) is 14.6. The Morgan fingerprint density at radius 1 is 1.17 bits per heavy atom. The molecule has 2 heterocycles. The maximum atomic E-state index is 13.1. The SMILES string of the molecule is C[n+]1cc(NC(=O)CSC2=N/C(=C/c3ccccc3)C(=O)N2c2ccccc2)on1. The fourth-order valence-electron chi connectivity index (χ4n) is 2.79. The quantitative estimate of drug-likeness (QED) is 0.506. The van der Waals surface area contributed by atoms with E-state index in [4.69, 9.17) is 4.52 Å². The minimum Gasteiger partial charge on any atom is -0.288 e. The molecule has 0 bridgehead atoms. The highest BCUT2D eigenvalue weighted by atomic mass is 32.2. The number of rotatable bonds is 5. The van der Waals surface area contributed by atoms with Gasteiger partial charge in [0.05, 0.1) is 11.4 Å². The third kappa shape index (κ3) is 4.47. The minimum absolute atomic E-state index is 0.0540. The summed E-state index contributed by atoms with van der Waals surface area (Å²) in [6.07, 6.45) is 3.29. The predicted molar refractivity (Wildman–Crippen MR) is 115 cm³/mol. The summed E-state index contributed by atoms with van der Waals surface area (Å²) in [6, 6.07) is 18.7. The molecule has 0 fully saturated rings. The van der Waals surface area contributed by atoms with E-state index in [0.717, 1.165) is 5.56 Å². The van der Waals surface area contributed by atoms with E-state index in [-0.39, 0.29) is 23.5 Å². The van der Waals surface area contributed by atoms with Crippen molar-refractivity contribution in [3.63, 3.8) is 0 Å². The number of nitrogens with zero attached hydrogens (tertiary/aromatic N) is 4. The Bertz CT molecular complexity index is 1130. The fourth-order valence-corrected chi connectivity index (χ4v) is 3.60. The van der Waals surface area contributed by atoms with Gasteiger partial charge in [-0.25, -0.2) is 4.99 Å². The first-order valence-corrected chi connectivity index (χ1v) is 10.1. The van der Waals surface area contributed by atoms with Gasteiger partial charge in [-0.1, -0.05) is 65.0 Å². The van der Waals surface area contributed by atoms with E-state index in [2.05, 4.69) is 15.6 Å². The topological polar surface area (TPSA) is 91.7 Å². The Hall–Kier alpha value is -3.72. The molecule has 2 amide bonds. The largest absolute Gasteiger partial charge is 0.302 e. The van der Waals surface area contributed by atoms with Gasteiger partial charge in [0.15, 0.2) is 17.5 Å². The molecule has 0 unspecified atom stereocenters. The Morgan fingerprint density at radius 2 is 1.87 bits per heavy atom. The van der Waals surface area contributed by atoms with Crippen LogP contribution < -0.4 is 14.9 Å². The van der Waals surface area contributed by atoms with E-state index in [1.165, 1.54) is 21.3 Å². The van der Waals surface area contributed by atoms with Gasteiger partial charge in [0.25, 0.3) is 12.1 Å². The van der Waals surface area contributed by atoms with Crippen LogP contribution in [0.3, 0.4) is 0 Å². The van der Waals surface area contributed by atoms with E-state index in [1.54, 1.807) is 19.3 Å². The highest BCUT2D eigenvalue weighted by molar-refractivity contribution is 8.14. The van der Waals surface area contributed by atoms with Gasteiger partial charge in [-0.05, 0) is 23.8 Å². The van der Waals surface area contributed by atoms with Crippen LogP contribution in [-0.4, -0.2) is 28.0 Å². The van der Waals surface area contributed by atoms with Crippen molar-refractivity contribution in [3.05, 3.63) is 78.1 Å². The van der Waals surface area contributed by atoms with E-state index in [9.17, 15) is 9.59 Å². The Labute approximate surface area is 176 Å². The Balaban J connectivity index is 1.55. The Morgan fingerprint density at radius 3 is 2.53 bits per heavy atom. The van der Waals surface area contributed by atoms with Gasteiger partial charge in [-0.15, -0.1) is 0 Å². The number of aliphatic imine (C=N–C) groups is 1. The molecule has 9 heteroatoms. The summed E-state index contributed by atoms with van der Waals surface area (Å²) >= 11 is 1.17. The standard InChI is InChI=1S/C21H17N5O3S/c1-25-13-19(29-24-25)23-18(27)14-30-21-22-17(12-15-8-4-2-5-9-15)20(28)26(21)16-10-6-3-7-11-16/h2-13H,14H2,1H3/p+1/b17-12+. The zero-order valence-electron chi connectivity index (χ0n) is 16.1. The summed E-state index contributed by atoms with van der Waals surface area (Å²) < 4.78 is 6.41. The average Bonchev–Trinajstić information content (AvgIpc) is 3.30. The normalized spacial score (nSPS) is 14.8. The monoisotopic (exact) mass is 420 g/mol. The molecule has 0 saturated carbocycles. The molecule has 0 spiro atoms. The van der Waals surface area contributed by atoms with Crippen molar-refractivity contribution in [2.45, 2.75) is 0 Å². The van der Waals surface area contributed by atoms with Gasteiger partial charge in [-0.2, -0.15) is 0 Å². The van der Waals surface area contributed by atoms with Crippen molar-refractivity contribution < 1.29 is 18.8 Å². The van der Waals surface area contributed by atoms with Gasteiger partial charge < -0.3 is 0 Å². The first kappa shape index (κ1) is 19.6. The molecule has 1 aromatic heterocycles. The van der Waals surface area contributed by atoms with E-state index < -0.39 is 0 Å². The molecule has 0 aliphatic carbocycles. The van der Waals surface area contributed by atoms with Crippen molar-refractivity contribution >= 4 is 46.4 Å². The molecule has 1 N–H and O–H groups in total. The van der Waals surface area contributed by atoms with E-state index in [0.29, 0.717) is 16.6 Å². The number of amidine groups is 1. The Kier molecular flexibility index (Phi) is 5.71. The fraction of sp³-hybridized carbons (Fsp3) is 0.0952. The van der Waals surface area contributed by atoms with Gasteiger partial charge in [0.1, 0.15) is 5.70 Å². The molecular weight excluding hydrogens is 402 g/mol. The first-order valence-electron chi connectivity index (χ1n) is 9.10. The number of para-hydroxylation sites is 1. The van der Waals surface area contributed by atoms with E-state index in [1.807, 2.05) is 60.7 Å². The van der Waals surface area contributed by atoms with Crippen LogP contribution >= 0.6 is 11.8 Å². The molecule has 4 rings (SSSR count). The van der Waals surface area contributed by atoms with Crippen molar-refractivity contribution in [1.29, 1.82) is 0 Å². The number of anilines is 2. The van der Waals surface area contributed by atoms with Crippen LogP contribution in [0.15, 0.2) is 82.1 Å². The predicted octanol–water partition coefficient (Wildman–Crippen LogP) is 2.61. The summed E-state index contributed by atoms with van der Waals surface area (Å²) in [6.45, 7) is 0. The molecule has 2 aromatic carbocycles. The maximum Gasteiger partial charge on any atom is 0.302 e. The van der Waals surface area contributed by atoms with Crippen molar-refractivity contribution in [2.24, 2.45) is 12.0 Å². The molecule has 150 valence electrons. The van der Waals surface area contributed by atoms with Gasteiger partial charge in [-0.3, -0.25) is 24.3 Å². The molecule has 0 atom stereocenters. The van der Waals surface area contributed by atoms with Gasteiger partial charge in [0, 0.05) is 0 Å². The second-order valence-electron chi connectivity index (χ2n) is 6.39. The van der Waals surface area contributed by atoms with Crippen LogP contribution in [0.5, 0.6) is 0 Å². The number of aromatic nitrogens is 2. The van der Waals surface area contributed by atoms with Crippen LogP contribution in [0.4, 0.5) is 11.6 Å². The summed E-state index contributed by atoms with van der Waals surface area (Å²) in [5.74, 6) is -0.230. The van der Waals surface area contributed by atoms with Gasteiger partial charge in [0.2, 0.25) is 5.91 Å². The summed E-state index contributed by atoms with van der Waals surface area (Å²) in [4.78, 5) is 31.4. The molecule has 8 nitrogen and oxygen atoms in total. The van der Waals surface area contributed by atoms with Crippen LogP contribution in [0.1, 0.15) is 5.56 Å². The molecule has 30 heavy (non-hydrogen) atoms. The minimum atomic E-state index is -0.291. The van der Waals surface area contributed by atoms with Gasteiger partial charge >= 0.3 is 5.88 Å². The summed E-state index contributed by atoms with van der Waals surface area (Å²) in [5.41, 5.74) is 1.88. The van der Waals surface area contributed by atoms with Crippen LogP contribution in [0.2, 0.25) is 0 Å². The third-order valence-corrected chi connectivity index (χ3v) is 5.05. The zero-order chi connectivity index (χ0) is 20.9. The number of thioether (sulfide) groups is 1. The number of carbonyl (C=O) groups is 2. The zero-order valence-corrected chi connectivity index (χ0v) is 16.9. The van der Waals surface area contributed by atoms with Crippen molar-refractivity contribution in [3.8, 4) is 0 Å². The number of benzene rings is 2. The lowest BCUT2D eigenvalue weighted by Gasteiger charge is -2.17. The number of hydrogen-bond acceptors (Lipinski definition) is 6. The molecule has 1 aliphatic heterocycles. The molecule has 1 aliphatic rings. The molecule has 0 saturated heterocycles. The number of amides is 2. The number of hydrogen-bond donors (Lipinski definition) is 1. The molecule has 3 aromatic rings. The summed E-state index contributed by atoms with van der Waals surface area (Å²) in [7, 11) is 1.69. The lowest BCUT2D eigenvalue weighted by Crippen LogP contribution is -2.31. The van der Waals surface area contributed by atoms with Crippen LogP contribution in [0.25, 0.3) is 6.08 Å². The number of carbonyl (C=O) groups excluding carboxylic acids is 2. The van der Waals surface area contributed by atoms with Crippen LogP contribution in [0, 0.1) is 0 Å². The van der Waals surface area contributed by atoms with Crippen molar-refractivity contribution in [2.75, 3.05) is 16.0 Å². The van der Waals surface area contributed by atoms with Crippen LogP contribution in [-0.2, 0) is 16.6 Å². The smallest absolute Gasteiger partial charge is 0.288 e. The average molecular weight is 420 g/mol. The lowest BCUT2D eigenvalue weighted by molar-refractivity contribution is -0.739. The molecular formula is C21H18N5O3S+. The summed E-state index contributed by atoms with van der Waals surface area (Å²) in [5, 5.41) is 6.71. The second kappa shape index (κ2) is 8.75. The maximum absolute atomic E-state index is 13.1. The third-order valence-electron chi connectivity index (χ3n) is 4.11.